The average Bonchev–Trinajstić information content (AvgIpc) is 3.17. The number of hydrogen-bond acceptors (Lipinski definition) is 3. The molecule has 1 unspecified atom stereocenters. The van der Waals surface area contributed by atoms with Crippen molar-refractivity contribution in [3.05, 3.63) is 65.1 Å². The maximum Gasteiger partial charge on any atom is 0.253 e. The Labute approximate surface area is 159 Å². The summed E-state index contributed by atoms with van der Waals surface area (Å²) in [7, 11) is 0. The predicted octanol–water partition coefficient (Wildman–Crippen LogP) is 3.63. The van der Waals surface area contributed by atoms with Crippen molar-refractivity contribution in [2.24, 2.45) is 0 Å². The summed E-state index contributed by atoms with van der Waals surface area (Å²) in [6, 6.07) is 12.2. The molecule has 0 radical (unpaired) electrons. The molecule has 1 fully saturated rings. The number of carbonyl (C=O) groups excluding carboxylic acids is 1. The van der Waals surface area contributed by atoms with Crippen molar-refractivity contribution in [1.29, 1.82) is 0 Å². The normalized spacial score (nSPS) is 19.9. The van der Waals surface area contributed by atoms with E-state index in [0.29, 0.717) is 6.54 Å². The lowest BCUT2D eigenvalue weighted by atomic mass is 9.90. The molecule has 0 spiro atoms. The van der Waals surface area contributed by atoms with E-state index in [1.807, 2.05) is 35.4 Å². The fourth-order valence-corrected chi connectivity index (χ4v) is 4.56. The zero-order chi connectivity index (χ0) is 18.2. The van der Waals surface area contributed by atoms with Crippen LogP contribution in [0, 0.1) is 0 Å². The predicted molar refractivity (Wildman–Crippen MR) is 104 cm³/mol. The van der Waals surface area contributed by atoms with Crippen LogP contribution in [0.1, 0.15) is 58.9 Å². The number of likely N-dealkylation sites (tertiary alicyclic amines) is 1. The van der Waals surface area contributed by atoms with Gasteiger partial charge >= 0.3 is 0 Å². The number of piperidine rings is 1. The number of pyridine rings is 1. The van der Waals surface area contributed by atoms with Gasteiger partial charge in [0.25, 0.3) is 5.91 Å². The van der Waals surface area contributed by atoms with E-state index >= 15 is 0 Å². The van der Waals surface area contributed by atoms with E-state index in [1.54, 1.807) is 0 Å². The monoisotopic (exact) mass is 360 g/mol. The molecule has 138 valence electrons. The van der Waals surface area contributed by atoms with Gasteiger partial charge in [0, 0.05) is 30.8 Å². The molecule has 1 atom stereocenters. The Morgan fingerprint density at radius 2 is 1.89 bits per heavy atom. The first-order chi connectivity index (χ1) is 13.3. The first-order valence-electron chi connectivity index (χ1n) is 10.0. The van der Waals surface area contributed by atoms with Crippen LogP contribution < -0.4 is 0 Å². The number of benzene rings is 1. The Kier molecular flexibility index (Phi) is 4.15. The second kappa shape index (κ2) is 6.80. The molecule has 0 N–H and O–H groups in total. The van der Waals surface area contributed by atoms with Gasteiger partial charge in [-0.3, -0.25) is 9.20 Å². The molecule has 1 amide bonds. The van der Waals surface area contributed by atoms with Gasteiger partial charge in [0.15, 0.2) is 5.65 Å². The van der Waals surface area contributed by atoms with Gasteiger partial charge in [0.1, 0.15) is 5.82 Å². The Morgan fingerprint density at radius 1 is 1.00 bits per heavy atom. The van der Waals surface area contributed by atoms with E-state index in [2.05, 4.69) is 26.7 Å². The fraction of sp³-hybridized carbons (Fsp3) is 0.409. The molecule has 1 aliphatic heterocycles. The Hall–Kier alpha value is -2.69. The molecular weight excluding hydrogens is 336 g/mol. The van der Waals surface area contributed by atoms with Gasteiger partial charge in [-0.2, -0.15) is 0 Å². The second-order valence-corrected chi connectivity index (χ2v) is 7.77. The number of amides is 1. The maximum absolute atomic E-state index is 13.1. The van der Waals surface area contributed by atoms with Crippen LogP contribution in [0.3, 0.4) is 0 Å². The minimum atomic E-state index is 0.155. The molecule has 1 saturated heterocycles. The van der Waals surface area contributed by atoms with Gasteiger partial charge in [0.2, 0.25) is 0 Å². The molecule has 1 aromatic carbocycles. The second-order valence-electron chi connectivity index (χ2n) is 7.77. The van der Waals surface area contributed by atoms with Crippen LogP contribution in [0.5, 0.6) is 0 Å². The molecule has 3 aromatic rings. The van der Waals surface area contributed by atoms with Crippen molar-refractivity contribution in [1.82, 2.24) is 19.5 Å². The summed E-state index contributed by atoms with van der Waals surface area (Å²) in [5.74, 6) is 1.35. The van der Waals surface area contributed by atoms with Gasteiger partial charge in [-0.1, -0.05) is 12.1 Å². The maximum atomic E-state index is 13.1. The quantitative estimate of drug-likeness (QED) is 0.701. The topological polar surface area (TPSA) is 50.5 Å². The summed E-state index contributed by atoms with van der Waals surface area (Å²) in [5.41, 5.74) is 4.49. The van der Waals surface area contributed by atoms with Gasteiger partial charge < -0.3 is 4.90 Å². The third-order valence-electron chi connectivity index (χ3n) is 6.01. The first kappa shape index (κ1) is 16.5. The number of aryl methyl sites for hydroxylation is 2. The average molecular weight is 360 g/mol. The Morgan fingerprint density at radius 3 is 2.81 bits per heavy atom. The SMILES string of the molecule is O=C(c1ccc2c(c1)CCCC2)N1CCCC(c2nnc3ccccn23)C1. The highest BCUT2D eigenvalue weighted by Gasteiger charge is 2.28. The molecule has 5 heteroatoms. The molecule has 27 heavy (non-hydrogen) atoms. The zero-order valence-corrected chi connectivity index (χ0v) is 15.5. The van der Waals surface area contributed by atoms with Crippen molar-refractivity contribution in [2.45, 2.75) is 44.4 Å². The van der Waals surface area contributed by atoms with E-state index in [1.165, 1.54) is 24.0 Å². The molecule has 5 rings (SSSR count). The summed E-state index contributed by atoms with van der Waals surface area (Å²) in [6.45, 7) is 1.54. The van der Waals surface area contributed by atoms with E-state index in [-0.39, 0.29) is 11.8 Å². The van der Waals surface area contributed by atoms with Crippen molar-refractivity contribution in [3.63, 3.8) is 0 Å². The summed E-state index contributed by atoms with van der Waals surface area (Å²) in [4.78, 5) is 15.2. The van der Waals surface area contributed by atoms with Crippen molar-refractivity contribution in [3.8, 4) is 0 Å². The summed E-state index contributed by atoms with van der Waals surface area (Å²) < 4.78 is 2.05. The third-order valence-corrected chi connectivity index (χ3v) is 6.01. The van der Waals surface area contributed by atoms with Gasteiger partial charge in [-0.05, 0) is 73.9 Å². The van der Waals surface area contributed by atoms with Crippen LogP contribution in [-0.4, -0.2) is 38.5 Å². The van der Waals surface area contributed by atoms with E-state index in [9.17, 15) is 4.79 Å². The molecule has 2 aliphatic rings. The molecule has 5 nitrogen and oxygen atoms in total. The van der Waals surface area contributed by atoms with Crippen molar-refractivity contribution < 1.29 is 4.79 Å². The number of hydrogen-bond donors (Lipinski definition) is 0. The van der Waals surface area contributed by atoms with Crippen LogP contribution in [-0.2, 0) is 12.8 Å². The highest BCUT2D eigenvalue weighted by atomic mass is 16.2. The lowest BCUT2D eigenvalue weighted by Crippen LogP contribution is -2.39. The summed E-state index contributed by atoms with van der Waals surface area (Å²) in [6.07, 6.45) is 8.80. The van der Waals surface area contributed by atoms with E-state index < -0.39 is 0 Å². The van der Waals surface area contributed by atoms with Gasteiger partial charge in [-0.25, -0.2) is 0 Å². The Balaban J connectivity index is 1.38. The number of aromatic nitrogens is 3. The lowest BCUT2D eigenvalue weighted by Gasteiger charge is -2.32. The summed E-state index contributed by atoms with van der Waals surface area (Å²) >= 11 is 0. The lowest BCUT2D eigenvalue weighted by molar-refractivity contribution is 0.0704. The minimum absolute atomic E-state index is 0.155. The largest absolute Gasteiger partial charge is 0.338 e. The molecule has 2 aromatic heterocycles. The third kappa shape index (κ3) is 3.01. The standard InChI is InChI=1S/C22H24N4O/c27-22(18-11-10-16-6-1-2-7-17(16)14-18)25-12-5-8-19(15-25)21-24-23-20-9-3-4-13-26(20)21/h3-4,9-11,13-14,19H,1-2,5-8,12,15H2. The molecule has 1 aliphatic carbocycles. The molecule has 0 bridgehead atoms. The Bertz CT molecular complexity index is 993. The fourth-order valence-electron chi connectivity index (χ4n) is 4.56. The molecule has 0 saturated carbocycles. The van der Waals surface area contributed by atoms with Crippen LogP contribution in [0.4, 0.5) is 0 Å². The number of carbonyl (C=O) groups is 1. The zero-order valence-electron chi connectivity index (χ0n) is 15.5. The van der Waals surface area contributed by atoms with E-state index in [4.69, 9.17) is 0 Å². The number of nitrogens with zero attached hydrogens (tertiary/aromatic N) is 4. The van der Waals surface area contributed by atoms with Crippen molar-refractivity contribution >= 4 is 11.6 Å². The number of rotatable bonds is 2. The smallest absolute Gasteiger partial charge is 0.253 e. The minimum Gasteiger partial charge on any atom is -0.338 e. The summed E-state index contributed by atoms with van der Waals surface area (Å²) in [5, 5.41) is 8.70. The van der Waals surface area contributed by atoms with Crippen LogP contribution in [0.15, 0.2) is 42.6 Å². The first-order valence-corrected chi connectivity index (χ1v) is 10.0. The number of fused-ring (bicyclic) bond motifs is 2. The molecular formula is C22H24N4O. The van der Waals surface area contributed by atoms with Crippen LogP contribution in [0.25, 0.3) is 5.65 Å². The highest BCUT2D eigenvalue weighted by molar-refractivity contribution is 5.94. The van der Waals surface area contributed by atoms with Gasteiger partial charge in [-0.15, -0.1) is 10.2 Å². The van der Waals surface area contributed by atoms with Crippen molar-refractivity contribution in [2.75, 3.05) is 13.1 Å². The van der Waals surface area contributed by atoms with E-state index in [0.717, 1.165) is 49.3 Å². The van der Waals surface area contributed by atoms with Crippen LogP contribution in [0.2, 0.25) is 0 Å². The molecule has 3 heterocycles. The van der Waals surface area contributed by atoms with Crippen LogP contribution >= 0.6 is 0 Å². The highest BCUT2D eigenvalue weighted by Crippen LogP contribution is 2.28. The van der Waals surface area contributed by atoms with Gasteiger partial charge in [0.05, 0.1) is 0 Å².